The normalized spacial score (nSPS) is 18.4. The Kier molecular flexibility index (Phi) is 4.23. The Bertz CT molecular complexity index is 593. The molecule has 0 bridgehead atoms. The summed E-state index contributed by atoms with van der Waals surface area (Å²) in [6.07, 6.45) is 3.63. The van der Waals surface area contributed by atoms with Gasteiger partial charge in [0.25, 0.3) is 0 Å². The second kappa shape index (κ2) is 6.47. The number of rotatable bonds is 4. The molecule has 1 aliphatic heterocycles. The van der Waals surface area contributed by atoms with Crippen molar-refractivity contribution in [1.29, 1.82) is 0 Å². The Morgan fingerprint density at radius 2 is 2.29 bits per heavy atom. The monoisotopic (exact) mass is 287 g/mol. The van der Waals surface area contributed by atoms with Gasteiger partial charge in [0.05, 0.1) is 18.9 Å². The molecule has 110 valence electrons. The molecule has 7 nitrogen and oxygen atoms in total. The van der Waals surface area contributed by atoms with E-state index in [1.165, 1.54) is 0 Å². The van der Waals surface area contributed by atoms with Crippen LogP contribution in [0.5, 0.6) is 0 Å². The zero-order valence-corrected chi connectivity index (χ0v) is 11.5. The molecule has 7 heteroatoms. The van der Waals surface area contributed by atoms with Crippen LogP contribution in [0.4, 0.5) is 5.69 Å². The minimum absolute atomic E-state index is 0.0288. The molecule has 0 saturated carbocycles. The maximum Gasteiger partial charge on any atom is 0.226 e. The van der Waals surface area contributed by atoms with Crippen LogP contribution in [0.15, 0.2) is 36.9 Å². The highest BCUT2D eigenvalue weighted by Gasteiger charge is 2.16. The van der Waals surface area contributed by atoms with E-state index < -0.39 is 0 Å². The maximum absolute atomic E-state index is 12.0. The van der Waals surface area contributed by atoms with Gasteiger partial charge in [-0.3, -0.25) is 9.36 Å². The van der Waals surface area contributed by atoms with Crippen molar-refractivity contribution >= 4 is 11.6 Å². The molecule has 2 N–H and O–H groups in total. The lowest BCUT2D eigenvalue weighted by atomic mass is 10.2. The molecule has 2 heterocycles. The van der Waals surface area contributed by atoms with Gasteiger partial charge in [-0.2, -0.15) is 0 Å². The molecule has 1 atom stereocenters. The number of aromatic nitrogens is 3. The number of carbonyl (C=O) groups excluding carboxylic acids is 1. The molecule has 0 spiro atoms. The van der Waals surface area contributed by atoms with Crippen LogP contribution in [0.1, 0.15) is 6.42 Å². The zero-order valence-electron chi connectivity index (χ0n) is 11.5. The number of hydrogen-bond donors (Lipinski definition) is 2. The fourth-order valence-electron chi connectivity index (χ4n) is 2.26. The number of morpholine rings is 1. The molecular formula is C14H17N5O2. The molecule has 1 fully saturated rings. The molecule has 1 amide bonds. The van der Waals surface area contributed by atoms with Crippen molar-refractivity contribution in [3.05, 3.63) is 36.9 Å². The van der Waals surface area contributed by atoms with E-state index in [1.54, 1.807) is 17.2 Å². The summed E-state index contributed by atoms with van der Waals surface area (Å²) in [4.78, 5) is 12.0. The van der Waals surface area contributed by atoms with Gasteiger partial charge in [0.15, 0.2) is 0 Å². The molecule has 0 radical (unpaired) electrons. The molecule has 3 rings (SSSR count). The second-order valence-electron chi connectivity index (χ2n) is 4.90. The molecule has 21 heavy (non-hydrogen) atoms. The van der Waals surface area contributed by atoms with Gasteiger partial charge in [0, 0.05) is 24.7 Å². The van der Waals surface area contributed by atoms with Crippen LogP contribution in [0.3, 0.4) is 0 Å². The third-order valence-corrected chi connectivity index (χ3v) is 3.28. The van der Waals surface area contributed by atoms with E-state index in [4.69, 9.17) is 4.74 Å². The van der Waals surface area contributed by atoms with Crippen LogP contribution >= 0.6 is 0 Å². The number of nitrogens with one attached hydrogen (secondary N) is 2. The van der Waals surface area contributed by atoms with E-state index in [0.717, 1.165) is 17.9 Å². The Balaban J connectivity index is 1.62. The van der Waals surface area contributed by atoms with Crippen LogP contribution in [-0.4, -0.2) is 46.5 Å². The smallest absolute Gasteiger partial charge is 0.226 e. The highest BCUT2D eigenvalue weighted by Crippen LogP contribution is 2.14. The number of benzene rings is 1. The van der Waals surface area contributed by atoms with Crippen molar-refractivity contribution in [2.45, 2.75) is 12.5 Å². The zero-order chi connectivity index (χ0) is 14.5. The number of carbonyl (C=O) groups is 1. The first kappa shape index (κ1) is 13.7. The maximum atomic E-state index is 12.0. The molecular weight excluding hydrogens is 270 g/mol. The average Bonchev–Trinajstić information content (AvgIpc) is 3.02. The lowest BCUT2D eigenvalue weighted by molar-refractivity contribution is -0.117. The summed E-state index contributed by atoms with van der Waals surface area (Å²) in [5, 5.41) is 13.7. The lowest BCUT2D eigenvalue weighted by Crippen LogP contribution is -2.43. The van der Waals surface area contributed by atoms with E-state index >= 15 is 0 Å². The van der Waals surface area contributed by atoms with Crippen LogP contribution in [0.2, 0.25) is 0 Å². The van der Waals surface area contributed by atoms with E-state index in [9.17, 15) is 4.79 Å². The summed E-state index contributed by atoms with van der Waals surface area (Å²) in [5.74, 6) is -0.0288. The number of anilines is 1. The van der Waals surface area contributed by atoms with Crippen molar-refractivity contribution in [1.82, 2.24) is 20.1 Å². The molecule has 0 aliphatic carbocycles. The minimum Gasteiger partial charge on any atom is -0.378 e. The first-order chi connectivity index (χ1) is 10.3. The van der Waals surface area contributed by atoms with Crippen LogP contribution < -0.4 is 10.6 Å². The average molecular weight is 287 g/mol. The van der Waals surface area contributed by atoms with Gasteiger partial charge in [0.2, 0.25) is 5.91 Å². The molecule has 1 aliphatic rings. The molecule has 1 saturated heterocycles. The van der Waals surface area contributed by atoms with Gasteiger partial charge in [0.1, 0.15) is 12.7 Å². The molecule has 1 aromatic carbocycles. The Morgan fingerprint density at radius 3 is 3.05 bits per heavy atom. The standard InChI is InChI=1S/C14H17N5O2/c20-14(7-12-8-21-5-4-15-12)18-11-2-1-3-13(6-11)19-9-16-17-10-19/h1-3,6,9-10,12,15H,4-5,7-8H2,(H,18,20). The third-order valence-electron chi connectivity index (χ3n) is 3.28. The first-order valence-corrected chi connectivity index (χ1v) is 6.87. The Hall–Kier alpha value is -2.25. The van der Waals surface area contributed by atoms with Gasteiger partial charge in [-0.05, 0) is 18.2 Å². The Labute approximate surface area is 122 Å². The summed E-state index contributed by atoms with van der Waals surface area (Å²) < 4.78 is 7.13. The highest BCUT2D eigenvalue weighted by molar-refractivity contribution is 5.91. The number of hydrogen-bond acceptors (Lipinski definition) is 5. The van der Waals surface area contributed by atoms with E-state index in [0.29, 0.717) is 19.6 Å². The SMILES string of the molecule is O=C(CC1COCCN1)Nc1cccc(-n2cnnc2)c1. The minimum atomic E-state index is -0.0288. The number of amides is 1. The fraction of sp³-hybridized carbons (Fsp3) is 0.357. The Morgan fingerprint density at radius 1 is 1.43 bits per heavy atom. The van der Waals surface area contributed by atoms with Crippen molar-refractivity contribution < 1.29 is 9.53 Å². The van der Waals surface area contributed by atoms with Crippen molar-refractivity contribution in [3.8, 4) is 5.69 Å². The van der Waals surface area contributed by atoms with Crippen LogP contribution in [-0.2, 0) is 9.53 Å². The van der Waals surface area contributed by atoms with Crippen molar-refractivity contribution in [2.24, 2.45) is 0 Å². The number of nitrogens with zero attached hydrogens (tertiary/aromatic N) is 3. The van der Waals surface area contributed by atoms with Crippen molar-refractivity contribution in [2.75, 3.05) is 25.1 Å². The fourth-order valence-corrected chi connectivity index (χ4v) is 2.26. The topological polar surface area (TPSA) is 81.1 Å². The summed E-state index contributed by atoms with van der Waals surface area (Å²) in [6, 6.07) is 7.63. The van der Waals surface area contributed by atoms with Gasteiger partial charge < -0.3 is 15.4 Å². The largest absolute Gasteiger partial charge is 0.378 e. The van der Waals surface area contributed by atoms with E-state index in [1.807, 2.05) is 24.3 Å². The van der Waals surface area contributed by atoms with Gasteiger partial charge in [-0.25, -0.2) is 0 Å². The molecule has 1 aromatic heterocycles. The van der Waals surface area contributed by atoms with Crippen LogP contribution in [0, 0.1) is 0 Å². The summed E-state index contributed by atoms with van der Waals surface area (Å²) in [6.45, 7) is 2.08. The van der Waals surface area contributed by atoms with Crippen molar-refractivity contribution in [3.63, 3.8) is 0 Å². The predicted octanol–water partition coefficient (Wildman–Crippen LogP) is 0.584. The summed E-state index contributed by atoms with van der Waals surface area (Å²) >= 11 is 0. The molecule has 2 aromatic rings. The third kappa shape index (κ3) is 3.65. The summed E-state index contributed by atoms with van der Waals surface area (Å²) in [7, 11) is 0. The quantitative estimate of drug-likeness (QED) is 0.860. The van der Waals surface area contributed by atoms with Crippen LogP contribution in [0.25, 0.3) is 5.69 Å². The summed E-state index contributed by atoms with van der Waals surface area (Å²) in [5.41, 5.74) is 1.65. The second-order valence-corrected chi connectivity index (χ2v) is 4.90. The molecule has 1 unspecified atom stereocenters. The number of ether oxygens (including phenoxy) is 1. The highest BCUT2D eigenvalue weighted by atomic mass is 16.5. The first-order valence-electron chi connectivity index (χ1n) is 6.87. The lowest BCUT2D eigenvalue weighted by Gasteiger charge is -2.23. The van der Waals surface area contributed by atoms with Gasteiger partial charge in [-0.15, -0.1) is 10.2 Å². The van der Waals surface area contributed by atoms with Gasteiger partial charge in [-0.1, -0.05) is 6.07 Å². The predicted molar refractivity (Wildman–Crippen MR) is 77.2 cm³/mol. The van der Waals surface area contributed by atoms with Gasteiger partial charge >= 0.3 is 0 Å². The van der Waals surface area contributed by atoms with E-state index in [2.05, 4.69) is 20.8 Å². The van der Waals surface area contributed by atoms with E-state index in [-0.39, 0.29) is 11.9 Å².